The maximum absolute atomic E-state index is 4.26. The summed E-state index contributed by atoms with van der Waals surface area (Å²) in [5.41, 5.74) is 0. The van der Waals surface area contributed by atoms with Gasteiger partial charge >= 0.3 is 0 Å². The lowest BCUT2D eigenvalue weighted by atomic mass is 10.1. The van der Waals surface area contributed by atoms with E-state index in [-0.39, 0.29) is 0 Å². The first-order valence-corrected chi connectivity index (χ1v) is 3.53. The fraction of sp³-hybridized carbons (Fsp3) is 1.00. The zero-order chi connectivity index (χ0) is 6.57. The van der Waals surface area contributed by atoms with E-state index in [1.165, 1.54) is 0 Å². The second-order valence-electron chi connectivity index (χ2n) is 2.43. The predicted octanol–water partition coefficient (Wildman–Crippen LogP) is 1.51. The van der Waals surface area contributed by atoms with Gasteiger partial charge in [0, 0.05) is 0 Å². The Morgan fingerprint density at radius 3 is 2.12 bits per heavy atom. The van der Waals surface area contributed by atoms with Crippen molar-refractivity contribution in [2.45, 2.75) is 25.6 Å². The second-order valence-corrected chi connectivity index (χ2v) is 3.06. The average Bonchev–Trinajstić information content (AvgIpc) is 1.65. The molecule has 0 saturated heterocycles. The standard InChI is InChI=1S/C6H15NS/c1-5(2)4-6(8)7-3/h5-8H,4H2,1-3H3. The molecule has 0 rings (SSSR count). The van der Waals surface area contributed by atoms with Gasteiger partial charge in [-0.05, 0) is 19.4 Å². The molecular weight excluding hydrogens is 118 g/mol. The molecule has 0 fully saturated rings. The van der Waals surface area contributed by atoms with Crippen LogP contribution in [0.2, 0.25) is 0 Å². The van der Waals surface area contributed by atoms with Gasteiger partial charge in [0.2, 0.25) is 0 Å². The molecule has 0 aromatic heterocycles. The Bertz CT molecular complexity index is 54.5. The summed E-state index contributed by atoms with van der Waals surface area (Å²) in [6, 6.07) is 0. The Morgan fingerprint density at radius 1 is 1.50 bits per heavy atom. The van der Waals surface area contributed by atoms with Crippen LogP contribution in [0.25, 0.3) is 0 Å². The van der Waals surface area contributed by atoms with E-state index in [0.29, 0.717) is 5.37 Å². The molecule has 0 heterocycles. The minimum atomic E-state index is 0.370. The van der Waals surface area contributed by atoms with E-state index in [2.05, 4.69) is 31.8 Å². The Hall–Kier alpha value is 0.310. The lowest BCUT2D eigenvalue weighted by Crippen LogP contribution is -2.20. The molecule has 0 aliphatic rings. The molecule has 0 saturated carbocycles. The molecule has 1 nitrogen and oxygen atoms in total. The molecule has 0 aromatic carbocycles. The maximum atomic E-state index is 4.26. The molecule has 8 heavy (non-hydrogen) atoms. The van der Waals surface area contributed by atoms with Gasteiger partial charge in [-0.3, -0.25) is 0 Å². The van der Waals surface area contributed by atoms with E-state index in [1.54, 1.807) is 0 Å². The van der Waals surface area contributed by atoms with Crippen molar-refractivity contribution in [3.05, 3.63) is 0 Å². The Morgan fingerprint density at radius 2 is 2.00 bits per heavy atom. The summed E-state index contributed by atoms with van der Waals surface area (Å²) < 4.78 is 0. The molecule has 0 bridgehead atoms. The SMILES string of the molecule is CNC(S)CC(C)C. The number of rotatable bonds is 3. The summed E-state index contributed by atoms with van der Waals surface area (Å²) in [6.45, 7) is 4.39. The summed E-state index contributed by atoms with van der Waals surface area (Å²) in [4.78, 5) is 0. The first kappa shape index (κ1) is 8.31. The topological polar surface area (TPSA) is 12.0 Å². The van der Waals surface area contributed by atoms with Crippen LogP contribution in [0.3, 0.4) is 0 Å². The van der Waals surface area contributed by atoms with Gasteiger partial charge in [-0.2, -0.15) is 12.6 Å². The monoisotopic (exact) mass is 133 g/mol. The number of nitrogens with one attached hydrogen (secondary N) is 1. The highest BCUT2D eigenvalue weighted by atomic mass is 32.1. The molecular formula is C6H15NS. The van der Waals surface area contributed by atoms with Gasteiger partial charge in [0.15, 0.2) is 0 Å². The third-order valence-electron chi connectivity index (χ3n) is 1.03. The van der Waals surface area contributed by atoms with Crippen LogP contribution in [0.15, 0.2) is 0 Å². The van der Waals surface area contributed by atoms with Crippen molar-refractivity contribution in [2.75, 3.05) is 7.05 Å². The lowest BCUT2D eigenvalue weighted by molar-refractivity contribution is 0.538. The molecule has 2 heteroatoms. The van der Waals surface area contributed by atoms with Crippen LogP contribution in [0, 0.1) is 5.92 Å². The van der Waals surface area contributed by atoms with E-state index in [9.17, 15) is 0 Å². The summed E-state index contributed by atoms with van der Waals surface area (Å²) >= 11 is 4.26. The van der Waals surface area contributed by atoms with Crippen LogP contribution in [0.1, 0.15) is 20.3 Å². The summed E-state index contributed by atoms with van der Waals surface area (Å²) in [7, 11) is 1.93. The van der Waals surface area contributed by atoms with E-state index in [1.807, 2.05) is 7.05 Å². The fourth-order valence-corrected chi connectivity index (χ4v) is 0.986. The molecule has 0 aromatic rings. The average molecular weight is 133 g/mol. The summed E-state index contributed by atoms with van der Waals surface area (Å²) in [5.74, 6) is 0.741. The molecule has 1 N–H and O–H groups in total. The molecule has 0 aliphatic carbocycles. The minimum Gasteiger partial charge on any atom is -0.309 e. The van der Waals surface area contributed by atoms with Crippen molar-refractivity contribution in [2.24, 2.45) is 5.92 Å². The van der Waals surface area contributed by atoms with Gasteiger partial charge < -0.3 is 5.32 Å². The molecule has 1 atom stereocenters. The van der Waals surface area contributed by atoms with Crippen molar-refractivity contribution in [1.82, 2.24) is 5.32 Å². The molecule has 1 unspecified atom stereocenters. The zero-order valence-corrected chi connectivity index (χ0v) is 6.70. The zero-order valence-electron chi connectivity index (χ0n) is 5.81. The van der Waals surface area contributed by atoms with Crippen LogP contribution in [0.4, 0.5) is 0 Å². The lowest BCUT2D eigenvalue weighted by Gasteiger charge is -2.10. The largest absolute Gasteiger partial charge is 0.309 e. The number of thiol groups is 1. The third kappa shape index (κ3) is 4.47. The highest BCUT2D eigenvalue weighted by Crippen LogP contribution is 2.05. The molecule has 0 amide bonds. The van der Waals surface area contributed by atoms with Crippen LogP contribution in [-0.2, 0) is 0 Å². The van der Waals surface area contributed by atoms with Gasteiger partial charge in [-0.1, -0.05) is 13.8 Å². The van der Waals surface area contributed by atoms with Crippen LogP contribution >= 0.6 is 12.6 Å². The Labute approximate surface area is 57.3 Å². The maximum Gasteiger partial charge on any atom is 0.0502 e. The summed E-state index contributed by atoms with van der Waals surface area (Å²) in [6.07, 6.45) is 1.14. The van der Waals surface area contributed by atoms with Crippen LogP contribution in [0.5, 0.6) is 0 Å². The molecule has 0 aliphatic heterocycles. The smallest absolute Gasteiger partial charge is 0.0502 e. The fourth-order valence-electron chi connectivity index (χ4n) is 0.564. The van der Waals surface area contributed by atoms with E-state index >= 15 is 0 Å². The molecule has 0 spiro atoms. The Kier molecular flexibility index (Phi) is 4.38. The molecule has 0 radical (unpaired) electrons. The van der Waals surface area contributed by atoms with Gasteiger partial charge in [0.25, 0.3) is 0 Å². The number of hydrogen-bond donors (Lipinski definition) is 2. The van der Waals surface area contributed by atoms with Crippen LogP contribution in [-0.4, -0.2) is 12.4 Å². The third-order valence-corrected chi connectivity index (χ3v) is 1.50. The van der Waals surface area contributed by atoms with Gasteiger partial charge in [-0.15, -0.1) is 0 Å². The molecule has 50 valence electrons. The second kappa shape index (κ2) is 4.21. The van der Waals surface area contributed by atoms with Crippen molar-refractivity contribution >= 4 is 12.6 Å². The first-order chi connectivity index (χ1) is 3.66. The van der Waals surface area contributed by atoms with Crippen molar-refractivity contribution in [1.29, 1.82) is 0 Å². The van der Waals surface area contributed by atoms with Gasteiger partial charge in [-0.25, -0.2) is 0 Å². The van der Waals surface area contributed by atoms with Crippen LogP contribution < -0.4 is 5.32 Å². The van der Waals surface area contributed by atoms with Gasteiger partial charge in [0.05, 0.1) is 5.37 Å². The normalized spacial score (nSPS) is 14.6. The van der Waals surface area contributed by atoms with E-state index in [0.717, 1.165) is 12.3 Å². The predicted molar refractivity (Wildman–Crippen MR) is 41.3 cm³/mol. The summed E-state index contributed by atoms with van der Waals surface area (Å²) in [5, 5.41) is 3.43. The quantitative estimate of drug-likeness (QED) is 0.439. The highest BCUT2D eigenvalue weighted by Gasteiger charge is 2.00. The van der Waals surface area contributed by atoms with Crippen molar-refractivity contribution in [3.63, 3.8) is 0 Å². The Balaban J connectivity index is 3.10. The first-order valence-electron chi connectivity index (χ1n) is 3.02. The highest BCUT2D eigenvalue weighted by molar-refractivity contribution is 7.80. The number of hydrogen-bond acceptors (Lipinski definition) is 2. The van der Waals surface area contributed by atoms with Crippen molar-refractivity contribution in [3.8, 4) is 0 Å². The minimum absolute atomic E-state index is 0.370. The van der Waals surface area contributed by atoms with Crippen molar-refractivity contribution < 1.29 is 0 Å². The van der Waals surface area contributed by atoms with E-state index < -0.39 is 0 Å². The van der Waals surface area contributed by atoms with E-state index in [4.69, 9.17) is 0 Å². The van der Waals surface area contributed by atoms with Gasteiger partial charge in [0.1, 0.15) is 0 Å².